The molecule has 0 bridgehead atoms. The second-order valence-corrected chi connectivity index (χ2v) is 8.19. The first kappa shape index (κ1) is 21.6. The van der Waals surface area contributed by atoms with Crippen LogP contribution in [-0.2, 0) is 16.8 Å². The van der Waals surface area contributed by atoms with Crippen molar-refractivity contribution in [1.82, 2.24) is 14.3 Å². The van der Waals surface area contributed by atoms with Gasteiger partial charge in [0.25, 0.3) is 10.2 Å². The predicted molar refractivity (Wildman–Crippen MR) is 97.2 cm³/mol. The Morgan fingerprint density at radius 1 is 1.50 bits per heavy atom. The zero-order chi connectivity index (χ0) is 17.0. The molecule has 0 aliphatic carbocycles. The summed E-state index contributed by atoms with van der Waals surface area (Å²) in [7, 11) is -2.30. The normalized spacial score (nSPS) is 19.8. The molecule has 2 N–H and O–H groups in total. The molecule has 2 atom stereocenters. The number of hydrogen-bond acceptors (Lipinski definition) is 3. The van der Waals surface area contributed by atoms with Crippen molar-refractivity contribution in [2.75, 3.05) is 20.1 Å². The molecule has 138 valence electrons. The number of piperidine rings is 1. The van der Waals surface area contributed by atoms with E-state index in [0.29, 0.717) is 0 Å². The molecule has 1 aliphatic heterocycles. The van der Waals surface area contributed by atoms with Gasteiger partial charge in [-0.05, 0) is 50.9 Å². The molecule has 1 aromatic carbocycles. The summed E-state index contributed by atoms with van der Waals surface area (Å²) in [6.07, 6.45) is 2.02. The van der Waals surface area contributed by atoms with Crippen molar-refractivity contribution in [3.8, 4) is 0 Å². The van der Waals surface area contributed by atoms with E-state index in [1.54, 1.807) is 6.07 Å². The molecule has 9 heteroatoms. The summed E-state index contributed by atoms with van der Waals surface area (Å²) >= 11 is 5.96. The molecule has 2 unspecified atom stereocenters. The number of nitrogens with zero attached hydrogens (tertiary/aromatic N) is 1. The molecule has 1 aliphatic rings. The van der Waals surface area contributed by atoms with Crippen LogP contribution in [0.4, 0.5) is 4.39 Å². The zero-order valence-corrected chi connectivity index (χ0v) is 16.1. The van der Waals surface area contributed by atoms with Crippen molar-refractivity contribution in [3.05, 3.63) is 34.6 Å². The lowest BCUT2D eigenvalue weighted by Gasteiger charge is -2.30. The van der Waals surface area contributed by atoms with Crippen LogP contribution in [0.5, 0.6) is 0 Å². The molecule has 1 saturated heterocycles. The molecular weight excluding hydrogens is 376 g/mol. The van der Waals surface area contributed by atoms with Gasteiger partial charge < -0.3 is 5.32 Å². The maximum absolute atomic E-state index is 13.8. The van der Waals surface area contributed by atoms with Crippen LogP contribution in [-0.4, -0.2) is 38.9 Å². The maximum atomic E-state index is 13.8. The average molecular weight is 400 g/mol. The SMILES string of the molecule is CC(NS(=O)(=O)N(C)Cc1c(F)cccc1Cl)C1CCCNC1.Cl. The quantitative estimate of drug-likeness (QED) is 0.772. The molecule has 5 nitrogen and oxygen atoms in total. The molecule has 2 rings (SSSR count). The van der Waals surface area contributed by atoms with Gasteiger partial charge in [0.15, 0.2) is 0 Å². The van der Waals surface area contributed by atoms with Crippen molar-refractivity contribution in [1.29, 1.82) is 0 Å². The first-order chi connectivity index (χ1) is 10.8. The Bertz CT molecular complexity index is 619. The van der Waals surface area contributed by atoms with Gasteiger partial charge in [0.1, 0.15) is 5.82 Å². The molecule has 1 fully saturated rings. The van der Waals surface area contributed by atoms with Gasteiger partial charge in [0, 0.05) is 30.2 Å². The third kappa shape index (κ3) is 5.54. The van der Waals surface area contributed by atoms with E-state index in [1.165, 1.54) is 19.2 Å². The van der Waals surface area contributed by atoms with Crippen LogP contribution in [0.1, 0.15) is 25.3 Å². The molecule has 24 heavy (non-hydrogen) atoms. The Hall–Kier alpha value is -0.440. The van der Waals surface area contributed by atoms with E-state index in [-0.39, 0.29) is 41.5 Å². The Labute approximate surface area is 154 Å². The molecule has 1 heterocycles. The molecule has 0 aromatic heterocycles. The third-order valence-corrected chi connectivity index (χ3v) is 6.20. The second kappa shape index (κ2) is 9.31. The van der Waals surface area contributed by atoms with Crippen LogP contribution in [0.3, 0.4) is 0 Å². The average Bonchev–Trinajstić information content (AvgIpc) is 2.51. The Balaban J connectivity index is 0.00000288. The van der Waals surface area contributed by atoms with Crippen molar-refractivity contribution >= 4 is 34.2 Å². The highest BCUT2D eigenvalue weighted by Crippen LogP contribution is 2.21. The van der Waals surface area contributed by atoms with Gasteiger partial charge in [0.05, 0.1) is 0 Å². The summed E-state index contributed by atoms with van der Waals surface area (Å²) in [5, 5.41) is 3.49. The number of benzene rings is 1. The number of rotatable bonds is 6. The molecule has 0 radical (unpaired) electrons. The van der Waals surface area contributed by atoms with E-state index in [9.17, 15) is 12.8 Å². The van der Waals surface area contributed by atoms with Crippen molar-refractivity contribution in [2.24, 2.45) is 5.92 Å². The highest BCUT2D eigenvalue weighted by atomic mass is 35.5. The lowest BCUT2D eigenvalue weighted by atomic mass is 9.94. The van der Waals surface area contributed by atoms with Crippen molar-refractivity contribution in [2.45, 2.75) is 32.4 Å². The summed E-state index contributed by atoms with van der Waals surface area (Å²) in [6.45, 7) is 3.52. The fourth-order valence-corrected chi connectivity index (χ4v) is 4.08. The minimum Gasteiger partial charge on any atom is -0.316 e. The van der Waals surface area contributed by atoms with Gasteiger partial charge in [-0.1, -0.05) is 17.7 Å². The van der Waals surface area contributed by atoms with E-state index in [4.69, 9.17) is 11.6 Å². The number of halogens is 3. The largest absolute Gasteiger partial charge is 0.316 e. The Kier molecular flexibility index (Phi) is 8.38. The number of hydrogen-bond donors (Lipinski definition) is 2. The van der Waals surface area contributed by atoms with Gasteiger partial charge >= 0.3 is 0 Å². The smallest absolute Gasteiger partial charge is 0.279 e. The predicted octanol–water partition coefficient (Wildman–Crippen LogP) is 2.56. The van der Waals surface area contributed by atoms with Crippen LogP contribution in [0.25, 0.3) is 0 Å². The van der Waals surface area contributed by atoms with E-state index >= 15 is 0 Å². The third-order valence-electron chi connectivity index (χ3n) is 4.23. The summed E-state index contributed by atoms with van der Waals surface area (Å²) in [6, 6.07) is 4.12. The Morgan fingerprint density at radius 3 is 2.79 bits per heavy atom. The van der Waals surface area contributed by atoms with Gasteiger partial charge in [0.2, 0.25) is 0 Å². The van der Waals surface area contributed by atoms with Crippen LogP contribution in [0.2, 0.25) is 5.02 Å². The summed E-state index contributed by atoms with van der Waals surface area (Å²) < 4.78 is 42.5. The van der Waals surface area contributed by atoms with Gasteiger partial charge in [-0.25, -0.2) is 4.39 Å². The van der Waals surface area contributed by atoms with Crippen LogP contribution >= 0.6 is 24.0 Å². The monoisotopic (exact) mass is 399 g/mol. The van der Waals surface area contributed by atoms with E-state index in [0.717, 1.165) is 30.2 Å². The summed E-state index contributed by atoms with van der Waals surface area (Å²) in [5.74, 6) is -0.256. The van der Waals surface area contributed by atoms with Crippen molar-refractivity contribution in [3.63, 3.8) is 0 Å². The van der Waals surface area contributed by atoms with E-state index in [1.807, 2.05) is 6.92 Å². The lowest BCUT2D eigenvalue weighted by Crippen LogP contribution is -2.48. The minimum atomic E-state index is -3.71. The number of nitrogens with one attached hydrogen (secondary N) is 2. The van der Waals surface area contributed by atoms with Crippen LogP contribution in [0, 0.1) is 11.7 Å². The molecule has 0 saturated carbocycles. The van der Waals surface area contributed by atoms with Gasteiger partial charge in [-0.3, -0.25) is 0 Å². The molecule has 0 spiro atoms. The van der Waals surface area contributed by atoms with Gasteiger partial charge in [-0.15, -0.1) is 12.4 Å². The summed E-state index contributed by atoms with van der Waals surface area (Å²) in [4.78, 5) is 0. The highest BCUT2D eigenvalue weighted by Gasteiger charge is 2.27. The minimum absolute atomic E-state index is 0. The van der Waals surface area contributed by atoms with Crippen molar-refractivity contribution < 1.29 is 12.8 Å². The van der Waals surface area contributed by atoms with Crippen LogP contribution in [0.15, 0.2) is 18.2 Å². The van der Waals surface area contributed by atoms with Gasteiger partial charge in [-0.2, -0.15) is 17.4 Å². The van der Waals surface area contributed by atoms with Crippen LogP contribution < -0.4 is 10.0 Å². The topological polar surface area (TPSA) is 61.4 Å². The molecule has 1 aromatic rings. The second-order valence-electron chi connectivity index (χ2n) is 5.97. The standard InChI is InChI=1S/C15H23ClFN3O2S.ClH/c1-11(12-5-4-8-18-9-12)19-23(21,22)20(2)10-13-14(16)6-3-7-15(13)17;/h3,6-7,11-12,18-19H,4-5,8-10H2,1-2H3;1H. The molecular formula is C15H24Cl2FN3O2S. The maximum Gasteiger partial charge on any atom is 0.279 e. The molecule has 0 amide bonds. The Morgan fingerprint density at radius 2 is 2.21 bits per heavy atom. The zero-order valence-electron chi connectivity index (χ0n) is 13.8. The van der Waals surface area contributed by atoms with E-state index in [2.05, 4.69) is 10.0 Å². The summed E-state index contributed by atoms with van der Waals surface area (Å²) in [5.41, 5.74) is 0.175. The first-order valence-electron chi connectivity index (χ1n) is 7.68. The highest BCUT2D eigenvalue weighted by molar-refractivity contribution is 7.87. The first-order valence-corrected chi connectivity index (χ1v) is 9.50. The van der Waals surface area contributed by atoms with E-state index < -0.39 is 16.0 Å². The lowest BCUT2D eigenvalue weighted by molar-refractivity contribution is 0.314. The fourth-order valence-electron chi connectivity index (χ4n) is 2.72. The fraction of sp³-hybridized carbons (Fsp3) is 0.600.